The average molecular weight is 375 g/mol. The minimum atomic E-state index is -0.136. The van der Waals surface area contributed by atoms with Crippen LogP contribution in [0.3, 0.4) is 0 Å². The molecule has 0 spiro atoms. The lowest BCUT2D eigenvalue weighted by molar-refractivity contribution is -0.0511. The molecule has 3 aromatic rings. The highest BCUT2D eigenvalue weighted by molar-refractivity contribution is 5.81. The third-order valence-corrected chi connectivity index (χ3v) is 5.66. The Labute approximate surface area is 165 Å². The lowest BCUT2D eigenvalue weighted by atomic mass is 10.0. The molecule has 5 nitrogen and oxygen atoms in total. The van der Waals surface area contributed by atoms with Crippen LogP contribution in [0.2, 0.25) is 0 Å². The van der Waals surface area contributed by atoms with Gasteiger partial charge in [-0.25, -0.2) is 0 Å². The molecule has 0 bridgehead atoms. The topological polar surface area (TPSA) is 50.4 Å². The second-order valence-electron chi connectivity index (χ2n) is 7.56. The average Bonchev–Trinajstić information content (AvgIpc) is 3.37. The maximum atomic E-state index is 6.18. The van der Waals surface area contributed by atoms with E-state index >= 15 is 0 Å². The Morgan fingerprint density at radius 2 is 1.93 bits per heavy atom. The van der Waals surface area contributed by atoms with E-state index in [1.54, 1.807) is 0 Å². The molecule has 0 saturated carbocycles. The van der Waals surface area contributed by atoms with Crippen molar-refractivity contribution in [1.82, 2.24) is 15.1 Å². The van der Waals surface area contributed by atoms with Gasteiger partial charge in [0.25, 0.3) is 0 Å². The van der Waals surface area contributed by atoms with Crippen molar-refractivity contribution in [1.29, 1.82) is 0 Å². The fourth-order valence-electron chi connectivity index (χ4n) is 4.09. The van der Waals surface area contributed by atoms with Gasteiger partial charge in [0.05, 0.1) is 17.8 Å². The minimum Gasteiger partial charge on any atom is -0.349 e. The third-order valence-electron chi connectivity index (χ3n) is 5.66. The van der Waals surface area contributed by atoms with E-state index in [2.05, 4.69) is 57.6 Å². The molecule has 5 rings (SSSR count). The maximum Gasteiger partial charge on any atom is 0.162 e. The van der Waals surface area contributed by atoms with Crippen LogP contribution in [0.15, 0.2) is 66.2 Å². The quantitative estimate of drug-likeness (QED) is 0.691. The Balaban J connectivity index is 1.17. The molecule has 2 unspecified atom stereocenters. The summed E-state index contributed by atoms with van der Waals surface area (Å²) in [4.78, 5) is 2.45. The van der Waals surface area contributed by atoms with Crippen LogP contribution >= 0.6 is 0 Å². The van der Waals surface area contributed by atoms with Crippen LogP contribution in [0.25, 0.3) is 10.9 Å². The number of aromatic amines is 1. The van der Waals surface area contributed by atoms with Gasteiger partial charge in [-0.15, -0.1) is 0 Å². The molecule has 5 heteroatoms. The predicted octanol–water partition coefficient (Wildman–Crippen LogP) is 3.68. The zero-order chi connectivity index (χ0) is 18.8. The number of nitrogens with one attached hydrogen (secondary N) is 1. The number of para-hydroxylation sites is 1. The highest BCUT2D eigenvalue weighted by atomic mass is 16.7. The molecule has 1 N–H and O–H groups in total. The molecule has 144 valence electrons. The molecular formula is C23H25N3O2. The largest absolute Gasteiger partial charge is 0.349 e. The lowest BCUT2D eigenvalue weighted by Crippen LogP contribution is -2.31. The fraction of sp³-hybridized carbons (Fsp3) is 0.348. The van der Waals surface area contributed by atoms with Crippen molar-refractivity contribution in [2.75, 3.05) is 19.7 Å². The van der Waals surface area contributed by atoms with E-state index in [-0.39, 0.29) is 12.4 Å². The number of ether oxygens (including phenoxy) is 2. The molecule has 1 fully saturated rings. The Bertz CT molecular complexity index is 966. The van der Waals surface area contributed by atoms with Crippen molar-refractivity contribution in [2.45, 2.75) is 31.8 Å². The van der Waals surface area contributed by atoms with E-state index in [1.807, 2.05) is 18.2 Å². The van der Waals surface area contributed by atoms with Crippen LogP contribution in [0.5, 0.6) is 0 Å². The van der Waals surface area contributed by atoms with Gasteiger partial charge in [-0.2, -0.15) is 5.10 Å². The predicted molar refractivity (Wildman–Crippen MR) is 109 cm³/mol. The molecule has 2 aliphatic rings. The second kappa shape index (κ2) is 7.87. The normalized spacial score (nSPS) is 23.2. The van der Waals surface area contributed by atoms with Crippen molar-refractivity contribution in [3.05, 3.63) is 77.5 Å². The van der Waals surface area contributed by atoms with Crippen LogP contribution < -0.4 is 0 Å². The first-order chi connectivity index (χ1) is 13.8. The standard InChI is InChI=1S/C23H25N3O2/c1-2-6-17(7-3-1)14-23-27-16-22(28-23)18-10-12-26(13-11-18)15-21-19-8-4-5-9-20(19)24-25-21/h1-10,22-23H,11-16H2,(H,24,25). The van der Waals surface area contributed by atoms with E-state index in [0.717, 1.165) is 38.0 Å². The number of nitrogens with zero attached hydrogens (tertiary/aromatic N) is 2. The number of hydrogen-bond acceptors (Lipinski definition) is 4. The van der Waals surface area contributed by atoms with Gasteiger partial charge in [-0.1, -0.05) is 54.6 Å². The van der Waals surface area contributed by atoms with Gasteiger partial charge in [0, 0.05) is 31.4 Å². The molecular weight excluding hydrogens is 350 g/mol. The number of rotatable bonds is 5. The van der Waals surface area contributed by atoms with E-state index in [9.17, 15) is 0 Å². The summed E-state index contributed by atoms with van der Waals surface area (Å²) in [6.45, 7) is 3.52. The molecule has 0 radical (unpaired) electrons. The monoisotopic (exact) mass is 375 g/mol. The smallest absolute Gasteiger partial charge is 0.162 e. The van der Waals surface area contributed by atoms with Crippen molar-refractivity contribution in [3.63, 3.8) is 0 Å². The molecule has 2 aliphatic heterocycles. The zero-order valence-electron chi connectivity index (χ0n) is 15.9. The highest BCUT2D eigenvalue weighted by Gasteiger charge is 2.30. The summed E-state index contributed by atoms with van der Waals surface area (Å²) in [5.74, 6) is 0. The maximum absolute atomic E-state index is 6.18. The van der Waals surface area contributed by atoms with Gasteiger partial charge in [0.1, 0.15) is 6.10 Å². The van der Waals surface area contributed by atoms with E-state index < -0.39 is 0 Å². The molecule has 1 aromatic heterocycles. The molecule has 28 heavy (non-hydrogen) atoms. The number of fused-ring (bicyclic) bond motifs is 1. The van der Waals surface area contributed by atoms with Crippen molar-refractivity contribution in [3.8, 4) is 0 Å². The van der Waals surface area contributed by atoms with E-state index in [0.29, 0.717) is 6.61 Å². The second-order valence-corrected chi connectivity index (χ2v) is 7.56. The lowest BCUT2D eigenvalue weighted by Gasteiger charge is -2.27. The summed E-state index contributed by atoms with van der Waals surface area (Å²) in [6, 6.07) is 18.7. The number of hydrogen-bond donors (Lipinski definition) is 1. The zero-order valence-corrected chi connectivity index (χ0v) is 15.9. The Morgan fingerprint density at radius 3 is 2.79 bits per heavy atom. The summed E-state index contributed by atoms with van der Waals surface area (Å²) < 4.78 is 12.1. The molecule has 2 aromatic carbocycles. The summed E-state index contributed by atoms with van der Waals surface area (Å²) in [7, 11) is 0. The van der Waals surface area contributed by atoms with Crippen LogP contribution in [-0.4, -0.2) is 47.2 Å². The number of aromatic nitrogens is 2. The van der Waals surface area contributed by atoms with Gasteiger partial charge in [-0.05, 0) is 23.6 Å². The van der Waals surface area contributed by atoms with Crippen LogP contribution in [-0.2, 0) is 22.4 Å². The first-order valence-corrected chi connectivity index (χ1v) is 9.99. The highest BCUT2D eigenvalue weighted by Crippen LogP contribution is 2.26. The van der Waals surface area contributed by atoms with Crippen LogP contribution in [0.4, 0.5) is 0 Å². The molecule has 0 amide bonds. The van der Waals surface area contributed by atoms with Gasteiger partial charge in [0.15, 0.2) is 6.29 Å². The Kier molecular flexibility index (Phi) is 4.95. The number of benzene rings is 2. The Hall–Kier alpha value is -2.47. The van der Waals surface area contributed by atoms with Crippen LogP contribution in [0.1, 0.15) is 17.7 Å². The summed E-state index contributed by atoms with van der Waals surface area (Å²) in [5.41, 5.74) is 4.85. The van der Waals surface area contributed by atoms with Gasteiger partial charge in [0.2, 0.25) is 0 Å². The number of H-pyrrole nitrogens is 1. The summed E-state index contributed by atoms with van der Waals surface area (Å²) in [5, 5.41) is 8.82. The van der Waals surface area contributed by atoms with Crippen LogP contribution in [0, 0.1) is 0 Å². The van der Waals surface area contributed by atoms with Crippen molar-refractivity contribution >= 4 is 10.9 Å². The van der Waals surface area contributed by atoms with Gasteiger partial charge in [-0.3, -0.25) is 10.00 Å². The molecule has 1 saturated heterocycles. The van der Waals surface area contributed by atoms with E-state index in [4.69, 9.17) is 9.47 Å². The van der Waals surface area contributed by atoms with E-state index in [1.165, 1.54) is 22.2 Å². The minimum absolute atomic E-state index is 0.101. The molecule has 0 aliphatic carbocycles. The first-order valence-electron chi connectivity index (χ1n) is 9.99. The molecule has 2 atom stereocenters. The Morgan fingerprint density at radius 1 is 1.07 bits per heavy atom. The first kappa shape index (κ1) is 17.6. The van der Waals surface area contributed by atoms with Gasteiger partial charge >= 0.3 is 0 Å². The third kappa shape index (κ3) is 3.74. The van der Waals surface area contributed by atoms with Gasteiger partial charge < -0.3 is 9.47 Å². The fourth-order valence-corrected chi connectivity index (χ4v) is 4.09. The summed E-state index contributed by atoms with van der Waals surface area (Å²) >= 11 is 0. The molecule has 3 heterocycles. The SMILES string of the molecule is C1=C(C2COC(Cc3ccccc3)O2)CCN(Cc2[nH]nc3ccccc23)C1. The van der Waals surface area contributed by atoms with Crippen molar-refractivity contribution in [2.24, 2.45) is 0 Å². The van der Waals surface area contributed by atoms with Crippen molar-refractivity contribution < 1.29 is 9.47 Å². The summed E-state index contributed by atoms with van der Waals surface area (Å²) in [6.07, 6.45) is 4.12.